The lowest BCUT2D eigenvalue weighted by atomic mass is 10.2. The van der Waals surface area contributed by atoms with Crippen LogP contribution in [0.4, 0.5) is 10.5 Å². The zero-order valence-corrected chi connectivity index (χ0v) is 13.3. The average Bonchev–Trinajstić information content (AvgIpc) is 2.93. The summed E-state index contributed by atoms with van der Waals surface area (Å²) >= 11 is 5.10. The number of urea groups is 1. The molecule has 0 aliphatic carbocycles. The zero-order chi connectivity index (χ0) is 14.7. The molecular weight excluding hydrogens is 344 g/mol. The van der Waals surface area contributed by atoms with Crippen molar-refractivity contribution in [2.45, 2.75) is 12.5 Å². The highest BCUT2D eigenvalue weighted by Crippen LogP contribution is 2.28. The van der Waals surface area contributed by atoms with Gasteiger partial charge in [0, 0.05) is 23.3 Å². The first-order chi connectivity index (χ1) is 9.50. The van der Waals surface area contributed by atoms with Crippen LogP contribution in [-0.4, -0.2) is 46.6 Å². The number of halogens is 1. The van der Waals surface area contributed by atoms with Gasteiger partial charge in [0.1, 0.15) is 0 Å². The van der Waals surface area contributed by atoms with Gasteiger partial charge >= 0.3 is 12.0 Å². The Hall–Kier alpha value is -1.21. The van der Waals surface area contributed by atoms with E-state index >= 15 is 0 Å². The van der Waals surface area contributed by atoms with Gasteiger partial charge in [0.25, 0.3) is 0 Å². The number of aromatic carboxylic acids is 1. The Kier molecular flexibility index (Phi) is 4.93. The van der Waals surface area contributed by atoms with Gasteiger partial charge in [-0.15, -0.1) is 0 Å². The van der Waals surface area contributed by atoms with E-state index in [2.05, 4.69) is 21.2 Å². The number of carboxylic acid groups (broad SMARTS) is 1. The lowest BCUT2D eigenvalue weighted by Gasteiger charge is -2.24. The minimum absolute atomic E-state index is 0.0712. The van der Waals surface area contributed by atoms with E-state index in [0.717, 1.165) is 17.9 Å². The van der Waals surface area contributed by atoms with E-state index in [1.54, 1.807) is 24.1 Å². The molecule has 1 aromatic carbocycles. The number of amides is 2. The smallest absolute Gasteiger partial charge is 0.337 e. The Bertz CT molecular complexity index is 532. The number of carbonyl (C=O) groups is 2. The number of anilines is 1. The second-order valence-corrected chi connectivity index (χ2v) is 6.53. The Balaban J connectivity index is 2.16. The molecule has 1 unspecified atom stereocenters. The number of thioether (sulfide) groups is 1. The summed E-state index contributed by atoms with van der Waals surface area (Å²) in [6, 6.07) is 4.71. The topological polar surface area (TPSA) is 69.6 Å². The van der Waals surface area contributed by atoms with Crippen LogP contribution in [0.2, 0.25) is 0 Å². The van der Waals surface area contributed by atoms with E-state index < -0.39 is 5.97 Å². The van der Waals surface area contributed by atoms with Crippen molar-refractivity contribution < 1.29 is 14.7 Å². The third-order valence-electron chi connectivity index (χ3n) is 3.25. The summed E-state index contributed by atoms with van der Waals surface area (Å²) in [6.07, 6.45) is 0.969. The number of carboxylic acids is 1. The summed E-state index contributed by atoms with van der Waals surface area (Å²) < 4.78 is 0.556. The molecule has 1 aliphatic heterocycles. The average molecular weight is 359 g/mol. The number of rotatable bonds is 3. The number of hydrogen-bond acceptors (Lipinski definition) is 3. The van der Waals surface area contributed by atoms with Gasteiger partial charge in [-0.1, -0.05) is 6.07 Å². The van der Waals surface area contributed by atoms with E-state index in [-0.39, 0.29) is 17.6 Å². The fourth-order valence-corrected chi connectivity index (χ4v) is 3.75. The number of nitrogens with zero attached hydrogens (tertiary/aromatic N) is 1. The van der Waals surface area contributed by atoms with Crippen molar-refractivity contribution in [1.29, 1.82) is 0 Å². The highest BCUT2D eigenvalue weighted by molar-refractivity contribution is 9.10. The van der Waals surface area contributed by atoms with Crippen LogP contribution in [0, 0.1) is 0 Å². The predicted octanol–water partition coefficient (Wildman–Crippen LogP) is 3.12. The molecule has 0 aromatic heterocycles. The summed E-state index contributed by atoms with van der Waals surface area (Å²) in [6.45, 7) is 0. The van der Waals surface area contributed by atoms with Crippen LogP contribution in [-0.2, 0) is 0 Å². The largest absolute Gasteiger partial charge is 0.478 e. The molecule has 5 nitrogen and oxygen atoms in total. The minimum Gasteiger partial charge on any atom is -0.478 e. The van der Waals surface area contributed by atoms with Gasteiger partial charge in [-0.05, 0) is 40.2 Å². The van der Waals surface area contributed by atoms with Gasteiger partial charge < -0.3 is 15.3 Å². The maximum absolute atomic E-state index is 12.2. The van der Waals surface area contributed by atoms with Gasteiger partial charge in [-0.25, -0.2) is 9.59 Å². The van der Waals surface area contributed by atoms with Gasteiger partial charge in [-0.2, -0.15) is 11.8 Å². The minimum atomic E-state index is -1.07. The molecule has 1 heterocycles. The van der Waals surface area contributed by atoms with Gasteiger partial charge in [0.2, 0.25) is 0 Å². The van der Waals surface area contributed by atoms with Crippen molar-refractivity contribution in [3.05, 3.63) is 28.2 Å². The van der Waals surface area contributed by atoms with E-state index in [9.17, 15) is 9.59 Å². The number of nitrogens with one attached hydrogen (secondary N) is 1. The quantitative estimate of drug-likeness (QED) is 0.870. The molecule has 2 amide bonds. The number of para-hydroxylation sites is 1. The Labute approximate surface area is 129 Å². The normalized spacial score (nSPS) is 17.8. The molecule has 108 valence electrons. The lowest BCUT2D eigenvalue weighted by Crippen LogP contribution is -2.40. The summed E-state index contributed by atoms with van der Waals surface area (Å²) in [5.41, 5.74) is 0.365. The summed E-state index contributed by atoms with van der Waals surface area (Å²) in [5.74, 6) is 0.907. The van der Waals surface area contributed by atoms with Crippen LogP contribution >= 0.6 is 27.7 Å². The second-order valence-electron chi connectivity index (χ2n) is 4.53. The van der Waals surface area contributed by atoms with Crippen LogP contribution in [0.3, 0.4) is 0 Å². The van der Waals surface area contributed by atoms with Crippen LogP contribution < -0.4 is 5.32 Å². The van der Waals surface area contributed by atoms with Gasteiger partial charge in [0.05, 0.1) is 11.3 Å². The van der Waals surface area contributed by atoms with Crippen LogP contribution in [0.1, 0.15) is 16.8 Å². The maximum atomic E-state index is 12.2. The standard InChI is InChI=1S/C13H15BrN2O3S/c1-16(8-5-6-20-7-8)13(19)15-11-9(12(17)18)3-2-4-10(11)14/h2-4,8H,5-7H2,1H3,(H,15,19)(H,17,18). The highest BCUT2D eigenvalue weighted by atomic mass is 79.9. The summed E-state index contributed by atoms with van der Waals surface area (Å²) in [4.78, 5) is 25.1. The molecular formula is C13H15BrN2O3S. The molecule has 0 bridgehead atoms. The van der Waals surface area contributed by atoms with Crippen LogP contribution in [0.25, 0.3) is 0 Å². The monoisotopic (exact) mass is 358 g/mol. The van der Waals surface area contributed by atoms with Crippen molar-refractivity contribution in [3.8, 4) is 0 Å². The van der Waals surface area contributed by atoms with Crippen molar-refractivity contribution >= 4 is 45.4 Å². The Morgan fingerprint density at radius 1 is 1.50 bits per heavy atom. The third-order valence-corrected chi connectivity index (χ3v) is 5.06. The van der Waals surface area contributed by atoms with Crippen molar-refractivity contribution in [1.82, 2.24) is 4.90 Å². The molecule has 1 fully saturated rings. The summed E-state index contributed by atoms with van der Waals surface area (Å²) in [7, 11) is 1.74. The molecule has 1 saturated heterocycles. The molecule has 0 spiro atoms. The lowest BCUT2D eigenvalue weighted by molar-refractivity contribution is 0.0698. The van der Waals surface area contributed by atoms with Crippen molar-refractivity contribution in [2.75, 3.05) is 23.9 Å². The fourth-order valence-electron chi connectivity index (χ4n) is 2.02. The second kappa shape index (κ2) is 6.49. The molecule has 2 rings (SSSR count). The van der Waals surface area contributed by atoms with Crippen molar-refractivity contribution in [2.24, 2.45) is 0 Å². The SMILES string of the molecule is CN(C(=O)Nc1c(Br)cccc1C(=O)O)C1CCSC1. The molecule has 1 atom stereocenters. The highest BCUT2D eigenvalue weighted by Gasteiger charge is 2.25. The van der Waals surface area contributed by atoms with E-state index in [1.165, 1.54) is 6.07 Å². The van der Waals surface area contributed by atoms with Gasteiger partial charge in [-0.3, -0.25) is 0 Å². The molecule has 1 aliphatic rings. The molecule has 0 saturated carbocycles. The molecule has 20 heavy (non-hydrogen) atoms. The molecule has 7 heteroatoms. The molecule has 2 N–H and O–H groups in total. The summed E-state index contributed by atoms with van der Waals surface area (Å²) in [5, 5.41) is 11.9. The molecule has 1 aromatic rings. The number of benzene rings is 1. The van der Waals surface area contributed by atoms with Gasteiger partial charge in [0.15, 0.2) is 0 Å². The molecule has 0 radical (unpaired) electrons. The first-order valence-corrected chi connectivity index (χ1v) is 8.09. The number of carbonyl (C=O) groups excluding carboxylic acids is 1. The van der Waals surface area contributed by atoms with Crippen LogP contribution in [0.15, 0.2) is 22.7 Å². The number of hydrogen-bond donors (Lipinski definition) is 2. The first-order valence-electron chi connectivity index (χ1n) is 6.14. The Morgan fingerprint density at radius 2 is 2.25 bits per heavy atom. The van der Waals surface area contributed by atoms with Crippen LogP contribution in [0.5, 0.6) is 0 Å². The van der Waals surface area contributed by atoms with E-state index in [4.69, 9.17) is 5.11 Å². The first kappa shape index (κ1) is 15.2. The Morgan fingerprint density at radius 3 is 2.85 bits per heavy atom. The predicted molar refractivity (Wildman–Crippen MR) is 83.6 cm³/mol. The maximum Gasteiger partial charge on any atom is 0.337 e. The van der Waals surface area contributed by atoms with E-state index in [1.807, 2.05) is 11.8 Å². The fraction of sp³-hybridized carbons (Fsp3) is 0.385. The van der Waals surface area contributed by atoms with E-state index in [0.29, 0.717) is 10.2 Å². The zero-order valence-electron chi connectivity index (χ0n) is 10.9. The third kappa shape index (κ3) is 3.27. The van der Waals surface area contributed by atoms with Crippen molar-refractivity contribution in [3.63, 3.8) is 0 Å².